The normalized spacial score (nSPS) is 10.7. The number of hydrogen-bond acceptors (Lipinski definition) is 3. The standard InChI is InChI=1S/C12H14N2O/c13-5-4-8-6-9(15)7-11-10(8)2-1-3-12(11)14/h1-3,6-7,15H,4-5,13-14H2. The maximum Gasteiger partial charge on any atom is 0.116 e. The molecule has 0 atom stereocenters. The summed E-state index contributed by atoms with van der Waals surface area (Å²) in [7, 11) is 0. The van der Waals surface area contributed by atoms with Crippen LogP contribution in [0.2, 0.25) is 0 Å². The van der Waals surface area contributed by atoms with Crippen molar-refractivity contribution < 1.29 is 5.11 Å². The van der Waals surface area contributed by atoms with Gasteiger partial charge in [-0.2, -0.15) is 0 Å². The molecule has 15 heavy (non-hydrogen) atoms. The molecule has 0 aliphatic rings. The van der Waals surface area contributed by atoms with Crippen molar-refractivity contribution in [3.8, 4) is 5.75 Å². The Bertz CT molecular complexity index is 494. The Morgan fingerprint density at radius 1 is 1.13 bits per heavy atom. The second-order valence-corrected chi connectivity index (χ2v) is 3.59. The van der Waals surface area contributed by atoms with Crippen molar-refractivity contribution in [1.29, 1.82) is 0 Å². The van der Waals surface area contributed by atoms with E-state index >= 15 is 0 Å². The molecule has 5 N–H and O–H groups in total. The Kier molecular flexibility index (Phi) is 2.47. The van der Waals surface area contributed by atoms with Gasteiger partial charge >= 0.3 is 0 Å². The van der Waals surface area contributed by atoms with Gasteiger partial charge in [-0.1, -0.05) is 12.1 Å². The lowest BCUT2D eigenvalue weighted by atomic mass is 10.0. The second-order valence-electron chi connectivity index (χ2n) is 3.59. The smallest absolute Gasteiger partial charge is 0.116 e. The van der Waals surface area contributed by atoms with Gasteiger partial charge in [-0.05, 0) is 42.1 Å². The fourth-order valence-corrected chi connectivity index (χ4v) is 1.83. The number of phenols is 1. The van der Waals surface area contributed by atoms with Crippen LogP contribution in [-0.4, -0.2) is 11.7 Å². The minimum atomic E-state index is 0.240. The van der Waals surface area contributed by atoms with Crippen LogP contribution in [0.3, 0.4) is 0 Å². The number of anilines is 1. The van der Waals surface area contributed by atoms with Crippen LogP contribution in [0.1, 0.15) is 5.56 Å². The van der Waals surface area contributed by atoms with Crippen LogP contribution in [0.15, 0.2) is 30.3 Å². The summed E-state index contributed by atoms with van der Waals surface area (Å²) in [6.45, 7) is 0.563. The van der Waals surface area contributed by atoms with Crippen LogP contribution in [0.25, 0.3) is 10.8 Å². The van der Waals surface area contributed by atoms with Gasteiger partial charge in [-0.15, -0.1) is 0 Å². The number of benzene rings is 2. The van der Waals surface area contributed by atoms with E-state index in [9.17, 15) is 5.11 Å². The molecule has 0 aliphatic heterocycles. The van der Waals surface area contributed by atoms with Crippen LogP contribution < -0.4 is 11.5 Å². The summed E-state index contributed by atoms with van der Waals surface area (Å²) in [5.41, 5.74) is 13.1. The Morgan fingerprint density at radius 2 is 1.93 bits per heavy atom. The van der Waals surface area contributed by atoms with Gasteiger partial charge in [0, 0.05) is 11.1 Å². The first-order valence-corrected chi connectivity index (χ1v) is 4.92. The molecule has 0 radical (unpaired) electrons. The fraction of sp³-hybridized carbons (Fsp3) is 0.167. The molecule has 0 aromatic heterocycles. The molecule has 0 fully saturated rings. The lowest BCUT2D eigenvalue weighted by Gasteiger charge is -2.08. The monoisotopic (exact) mass is 202 g/mol. The Hall–Kier alpha value is -1.74. The van der Waals surface area contributed by atoms with Gasteiger partial charge in [0.05, 0.1) is 0 Å². The number of aromatic hydroxyl groups is 1. The first kappa shape index (κ1) is 9.80. The van der Waals surface area contributed by atoms with Crippen LogP contribution in [0, 0.1) is 0 Å². The highest BCUT2D eigenvalue weighted by Crippen LogP contribution is 2.28. The van der Waals surface area contributed by atoms with Crippen LogP contribution >= 0.6 is 0 Å². The van der Waals surface area contributed by atoms with Crippen molar-refractivity contribution in [2.75, 3.05) is 12.3 Å². The van der Waals surface area contributed by atoms with Gasteiger partial charge in [0.1, 0.15) is 5.75 Å². The van der Waals surface area contributed by atoms with Gasteiger partial charge in [0.15, 0.2) is 0 Å². The first-order valence-electron chi connectivity index (χ1n) is 4.92. The molecule has 2 aromatic rings. The van der Waals surface area contributed by atoms with E-state index in [1.54, 1.807) is 12.1 Å². The minimum absolute atomic E-state index is 0.240. The third kappa shape index (κ3) is 1.74. The average Bonchev–Trinajstić information content (AvgIpc) is 2.20. The van der Waals surface area contributed by atoms with E-state index in [1.165, 1.54) is 0 Å². The summed E-state index contributed by atoms with van der Waals surface area (Å²) in [6, 6.07) is 9.16. The number of nitrogens with two attached hydrogens (primary N) is 2. The van der Waals surface area contributed by atoms with Crippen molar-refractivity contribution >= 4 is 16.5 Å². The van der Waals surface area contributed by atoms with Crippen molar-refractivity contribution in [3.05, 3.63) is 35.9 Å². The molecule has 78 valence electrons. The number of fused-ring (bicyclic) bond motifs is 1. The summed E-state index contributed by atoms with van der Waals surface area (Å²) in [5.74, 6) is 0.240. The van der Waals surface area contributed by atoms with Crippen molar-refractivity contribution in [2.45, 2.75) is 6.42 Å². The molecule has 0 saturated heterocycles. The highest BCUT2D eigenvalue weighted by Gasteiger charge is 2.05. The molecule has 0 unspecified atom stereocenters. The summed E-state index contributed by atoms with van der Waals surface area (Å²) in [4.78, 5) is 0. The quantitative estimate of drug-likeness (QED) is 0.648. The Balaban J connectivity index is 2.74. The van der Waals surface area contributed by atoms with Crippen LogP contribution in [-0.2, 0) is 6.42 Å². The van der Waals surface area contributed by atoms with E-state index < -0.39 is 0 Å². The van der Waals surface area contributed by atoms with Gasteiger partial charge in [-0.25, -0.2) is 0 Å². The molecule has 3 heteroatoms. The lowest BCUT2D eigenvalue weighted by Crippen LogP contribution is -2.03. The molecule has 2 rings (SSSR count). The van der Waals surface area contributed by atoms with Gasteiger partial charge in [0.25, 0.3) is 0 Å². The van der Waals surface area contributed by atoms with Gasteiger partial charge in [-0.3, -0.25) is 0 Å². The maximum absolute atomic E-state index is 9.57. The maximum atomic E-state index is 9.57. The predicted octanol–water partition coefficient (Wildman–Crippen LogP) is 1.63. The second kappa shape index (κ2) is 3.79. The molecule has 2 aromatic carbocycles. The van der Waals surface area contributed by atoms with E-state index in [0.29, 0.717) is 12.2 Å². The molecule has 0 bridgehead atoms. The summed E-state index contributed by atoms with van der Waals surface area (Å²) < 4.78 is 0. The first-order chi connectivity index (χ1) is 7.22. The molecule has 0 heterocycles. The van der Waals surface area contributed by atoms with E-state index in [4.69, 9.17) is 11.5 Å². The number of hydrogen-bond donors (Lipinski definition) is 3. The SMILES string of the molecule is NCCc1cc(O)cc2c(N)cccc12. The zero-order valence-corrected chi connectivity index (χ0v) is 8.40. The molecule has 3 nitrogen and oxygen atoms in total. The number of phenolic OH excluding ortho intramolecular Hbond substituents is 1. The third-order valence-electron chi connectivity index (χ3n) is 2.51. The van der Waals surface area contributed by atoms with Gasteiger partial charge < -0.3 is 16.6 Å². The Morgan fingerprint density at radius 3 is 2.67 bits per heavy atom. The van der Waals surface area contributed by atoms with E-state index in [-0.39, 0.29) is 5.75 Å². The summed E-state index contributed by atoms with van der Waals surface area (Å²) in [6.07, 6.45) is 0.744. The molecule has 0 spiro atoms. The van der Waals surface area contributed by atoms with Crippen LogP contribution in [0.5, 0.6) is 5.75 Å². The number of rotatable bonds is 2. The highest BCUT2D eigenvalue weighted by atomic mass is 16.3. The van der Waals surface area contributed by atoms with Crippen molar-refractivity contribution in [3.63, 3.8) is 0 Å². The zero-order valence-electron chi connectivity index (χ0n) is 8.40. The van der Waals surface area contributed by atoms with Crippen molar-refractivity contribution in [1.82, 2.24) is 0 Å². The molecular weight excluding hydrogens is 188 g/mol. The Labute approximate surface area is 88.3 Å². The minimum Gasteiger partial charge on any atom is -0.508 e. The average molecular weight is 202 g/mol. The highest BCUT2D eigenvalue weighted by molar-refractivity contribution is 5.96. The van der Waals surface area contributed by atoms with E-state index in [0.717, 1.165) is 22.8 Å². The lowest BCUT2D eigenvalue weighted by molar-refractivity contribution is 0.475. The third-order valence-corrected chi connectivity index (χ3v) is 2.51. The van der Waals surface area contributed by atoms with Crippen LogP contribution in [0.4, 0.5) is 5.69 Å². The topological polar surface area (TPSA) is 72.3 Å². The van der Waals surface area contributed by atoms with Gasteiger partial charge in [0.2, 0.25) is 0 Å². The molecule has 0 saturated carbocycles. The fourth-order valence-electron chi connectivity index (χ4n) is 1.83. The van der Waals surface area contributed by atoms with E-state index in [2.05, 4.69) is 0 Å². The van der Waals surface area contributed by atoms with Crippen molar-refractivity contribution in [2.24, 2.45) is 5.73 Å². The molecule has 0 amide bonds. The number of nitrogen functional groups attached to an aromatic ring is 1. The zero-order chi connectivity index (χ0) is 10.8. The van der Waals surface area contributed by atoms with E-state index in [1.807, 2.05) is 18.2 Å². The predicted molar refractivity (Wildman–Crippen MR) is 62.8 cm³/mol. The molecule has 0 aliphatic carbocycles. The molecular formula is C12H14N2O. The summed E-state index contributed by atoms with van der Waals surface area (Å²) >= 11 is 0. The summed E-state index contributed by atoms with van der Waals surface area (Å²) in [5, 5.41) is 11.5. The largest absolute Gasteiger partial charge is 0.508 e.